The molecule has 114 valence electrons. The van der Waals surface area contributed by atoms with Crippen molar-refractivity contribution in [3.63, 3.8) is 0 Å². The predicted molar refractivity (Wildman–Crippen MR) is 85.3 cm³/mol. The maximum Gasteiger partial charge on any atom is 0.222 e. The third-order valence-electron chi connectivity index (χ3n) is 4.10. The number of hydrogen-bond acceptors (Lipinski definition) is 2. The fraction of sp³-hybridized carbons (Fsp3) is 0.500. The molecule has 1 aromatic rings. The smallest absolute Gasteiger partial charge is 0.222 e. The molecule has 0 saturated carbocycles. The highest BCUT2D eigenvalue weighted by molar-refractivity contribution is 7.80. The van der Waals surface area contributed by atoms with Crippen LogP contribution in [0.5, 0.6) is 0 Å². The van der Waals surface area contributed by atoms with Crippen molar-refractivity contribution < 1.29 is 9.18 Å². The van der Waals surface area contributed by atoms with Crippen molar-refractivity contribution in [1.29, 1.82) is 0 Å². The molecule has 0 unspecified atom stereocenters. The zero-order valence-corrected chi connectivity index (χ0v) is 13.3. The third kappa shape index (κ3) is 4.00. The van der Waals surface area contributed by atoms with Crippen LogP contribution in [0.15, 0.2) is 18.2 Å². The Balaban J connectivity index is 2.15. The number of halogens is 1. The van der Waals surface area contributed by atoms with Crippen LogP contribution in [0.4, 0.5) is 4.39 Å². The number of likely N-dealkylation sites (tertiary alicyclic amines) is 1. The van der Waals surface area contributed by atoms with Gasteiger partial charge < -0.3 is 10.6 Å². The molecule has 1 aromatic carbocycles. The van der Waals surface area contributed by atoms with Crippen LogP contribution in [0.2, 0.25) is 0 Å². The quantitative estimate of drug-likeness (QED) is 0.873. The maximum atomic E-state index is 13.6. The van der Waals surface area contributed by atoms with Crippen LogP contribution in [0.3, 0.4) is 0 Å². The highest BCUT2D eigenvalue weighted by Crippen LogP contribution is 2.30. The number of rotatable bonds is 3. The van der Waals surface area contributed by atoms with Crippen LogP contribution in [-0.4, -0.2) is 22.3 Å². The Morgan fingerprint density at radius 2 is 2.14 bits per heavy atom. The molecular formula is C16H21FN2OS. The second-order valence-electron chi connectivity index (χ2n) is 6.41. The summed E-state index contributed by atoms with van der Waals surface area (Å²) in [5.41, 5.74) is 6.80. The van der Waals surface area contributed by atoms with Gasteiger partial charge in [0.05, 0.1) is 0 Å². The van der Waals surface area contributed by atoms with Gasteiger partial charge in [-0.2, -0.15) is 0 Å². The van der Waals surface area contributed by atoms with Crippen molar-refractivity contribution in [2.45, 2.75) is 39.7 Å². The number of thiocarbonyl (C=S) groups is 1. The summed E-state index contributed by atoms with van der Waals surface area (Å²) in [6.45, 7) is 5.58. The van der Waals surface area contributed by atoms with E-state index in [1.54, 1.807) is 12.1 Å². The van der Waals surface area contributed by atoms with E-state index >= 15 is 0 Å². The molecule has 2 rings (SSSR count). The minimum atomic E-state index is -0.422. The Labute approximate surface area is 130 Å². The SMILES string of the molecule is CC1(C)CCC(=O)N(Cc2ccc(F)c(C(N)=S)c2)CC1. The average Bonchev–Trinajstić information content (AvgIpc) is 2.53. The third-order valence-corrected chi connectivity index (χ3v) is 4.32. The standard InChI is InChI=1S/C16H21FN2OS/c1-16(2)6-5-14(20)19(8-7-16)10-11-3-4-13(17)12(9-11)15(18)21/h3-4,9H,5-8,10H2,1-2H3,(H2,18,21). The van der Waals surface area contributed by atoms with E-state index in [1.807, 2.05) is 4.90 Å². The molecule has 0 radical (unpaired) electrons. The van der Waals surface area contributed by atoms with Crippen molar-refractivity contribution in [3.05, 3.63) is 35.1 Å². The lowest BCUT2D eigenvalue weighted by molar-refractivity contribution is -0.131. The number of amides is 1. The first-order chi connectivity index (χ1) is 9.78. The van der Waals surface area contributed by atoms with Gasteiger partial charge in [-0.1, -0.05) is 32.1 Å². The minimum Gasteiger partial charge on any atom is -0.389 e. The van der Waals surface area contributed by atoms with Crippen molar-refractivity contribution in [2.24, 2.45) is 11.1 Å². The van der Waals surface area contributed by atoms with Gasteiger partial charge in [0, 0.05) is 25.1 Å². The monoisotopic (exact) mass is 308 g/mol. The van der Waals surface area contributed by atoms with Gasteiger partial charge >= 0.3 is 0 Å². The highest BCUT2D eigenvalue weighted by Gasteiger charge is 2.27. The molecule has 3 nitrogen and oxygen atoms in total. The average molecular weight is 308 g/mol. The van der Waals surface area contributed by atoms with Gasteiger partial charge in [-0.3, -0.25) is 4.79 Å². The Morgan fingerprint density at radius 3 is 2.81 bits per heavy atom. The van der Waals surface area contributed by atoms with E-state index in [9.17, 15) is 9.18 Å². The number of hydrogen-bond donors (Lipinski definition) is 1. The van der Waals surface area contributed by atoms with Crippen LogP contribution in [0, 0.1) is 11.2 Å². The van der Waals surface area contributed by atoms with Crippen molar-refractivity contribution in [2.75, 3.05) is 6.54 Å². The second-order valence-corrected chi connectivity index (χ2v) is 6.85. The van der Waals surface area contributed by atoms with Crippen molar-refractivity contribution in [3.8, 4) is 0 Å². The topological polar surface area (TPSA) is 46.3 Å². The Morgan fingerprint density at radius 1 is 1.43 bits per heavy atom. The van der Waals surface area contributed by atoms with E-state index in [4.69, 9.17) is 18.0 Å². The molecule has 5 heteroatoms. The fourth-order valence-electron chi connectivity index (χ4n) is 2.54. The zero-order chi connectivity index (χ0) is 15.6. The van der Waals surface area contributed by atoms with Crippen molar-refractivity contribution in [1.82, 2.24) is 4.90 Å². The molecule has 1 aliphatic heterocycles. The molecule has 0 bridgehead atoms. The molecule has 0 aromatic heterocycles. The summed E-state index contributed by atoms with van der Waals surface area (Å²) in [6, 6.07) is 4.68. The molecule has 21 heavy (non-hydrogen) atoms. The molecule has 0 spiro atoms. The summed E-state index contributed by atoms with van der Waals surface area (Å²) >= 11 is 4.85. The molecule has 1 aliphatic rings. The Kier molecular flexibility index (Phi) is 4.61. The van der Waals surface area contributed by atoms with Crippen molar-refractivity contribution >= 4 is 23.1 Å². The number of carbonyl (C=O) groups excluding carboxylic acids is 1. The molecule has 1 amide bonds. The van der Waals surface area contributed by atoms with E-state index < -0.39 is 5.82 Å². The molecule has 0 atom stereocenters. The lowest BCUT2D eigenvalue weighted by Crippen LogP contribution is -2.30. The van der Waals surface area contributed by atoms with Gasteiger partial charge in [0.25, 0.3) is 0 Å². The second kappa shape index (κ2) is 6.10. The lowest BCUT2D eigenvalue weighted by Gasteiger charge is -2.23. The summed E-state index contributed by atoms with van der Waals surface area (Å²) < 4.78 is 13.6. The molecule has 1 heterocycles. The number of nitrogens with zero attached hydrogens (tertiary/aromatic N) is 1. The van der Waals surface area contributed by atoms with Gasteiger partial charge in [0.1, 0.15) is 10.8 Å². The summed E-state index contributed by atoms with van der Waals surface area (Å²) in [5.74, 6) is -0.267. The maximum absolute atomic E-state index is 13.6. The van der Waals surface area contributed by atoms with E-state index in [2.05, 4.69) is 13.8 Å². The summed E-state index contributed by atoms with van der Waals surface area (Å²) in [4.78, 5) is 14.1. The van der Waals surface area contributed by atoms with Gasteiger partial charge in [-0.15, -0.1) is 0 Å². The lowest BCUT2D eigenvalue weighted by atomic mass is 9.85. The number of benzene rings is 1. The fourth-order valence-corrected chi connectivity index (χ4v) is 2.69. The first-order valence-electron chi connectivity index (χ1n) is 7.14. The van der Waals surface area contributed by atoms with Crippen LogP contribution in [-0.2, 0) is 11.3 Å². The highest BCUT2D eigenvalue weighted by atomic mass is 32.1. The van der Waals surface area contributed by atoms with Crippen LogP contribution in [0.25, 0.3) is 0 Å². The van der Waals surface area contributed by atoms with Crippen LogP contribution >= 0.6 is 12.2 Å². The molecule has 1 saturated heterocycles. The van der Waals surface area contributed by atoms with E-state index in [-0.39, 0.29) is 21.9 Å². The van der Waals surface area contributed by atoms with Crippen LogP contribution < -0.4 is 5.73 Å². The van der Waals surface area contributed by atoms with Crippen LogP contribution in [0.1, 0.15) is 44.2 Å². The Bertz CT molecular complexity index is 571. The van der Waals surface area contributed by atoms with E-state index in [0.29, 0.717) is 13.0 Å². The molecule has 0 aliphatic carbocycles. The van der Waals surface area contributed by atoms with Gasteiger partial charge in [0.15, 0.2) is 0 Å². The van der Waals surface area contributed by atoms with E-state index in [0.717, 1.165) is 24.9 Å². The molecule has 2 N–H and O–H groups in total. The number of carbonyl (C=O) groups is 1. The van der Waals surface area contributed by atoms with E-state index in [1.165, 1.54) is 6.07 Å². The zero-order valence-electron chi connectivity index (χ0n) is 12.5. The molecule has 1 fully saturated rings. The van der Waals surface area contributed by atoms with Gasteiger partial charge in [0.2, 0.25) is 5.91 Å². The van der Waals surface area contributed by atoms with Gasteiger partial charge in [-0.05, 0) is 36.0 Å². The summed E-state index contributed by atoms with van der Waals surface area (Å²) in [7, 11) is 0. The molecular weight excluding hydrogens is 287 g/mol. The predicted octanol–water partition coefficient (Wildman–Crippen LogP) is 3.00. The number of nitrogens with two attached hydrogens (primary N) is 1. The summed E-state index contributed by atoms with van der Waals surface area (Å²) in [6.07, 6.45) is 2.45. The largest absolute Gasteiger partial charge is 0.389 e. The first kappa shape index (κ1) is 15.9. The first-order valence-corrected chi connectivity index (χ1v) is 7.55. The minimum absolute atomic E-state index is 0.0395. The van der Waals surface area contributed by atoms with Gasteiger partial charge in [-0.25, -0.2) is 4.39 Å². The summed E-state index contributed by atoms with van der Waals surface area (Å²) in [5, 5.41) is 0. The Hall–Kier alpha value is -1.49. The normalized spacial score (nSPS) is 18.4.